The van der Waals surface area contributed by atoms with E-state index >= 15 is 0 Å². The Bertz CT molecular complexity index is 1020. The first-order valence-electron chi connectivity index (χ1n) is 10.1. The molecule has 1 atom stereocenters. The van der Waals surface area contributed by atoms with Gasteiger partial charge in [-0.05, 0) is 42.5 Å². The molecule has 2 aromatic rings. The van der Waals surface area contributed by atoms with Crippen LogP contribution in [-0.4, -0.2) is 56.0 Å². The number of carbonyl (C=O) groups is 2. The van der Waals surface area contributed by atoms with Gasteiger partial charge in [0.15, 0.2) is 0 Å². The van der Waals surface area contributed by atoms with E-state index in [4.69, 9.17) is 16.3 Å². The molecule has 0 radical (unpaired) electrons. The topological polar surface area (TPSA) is 53.1 Å². The smallest absolute Gasteiger partial charge is 0.417 e. The van der Waals surface area contributed by atoms with Crippen molar-refractivity contribution in [1.29, 1.82) is 0 Å². The molecule has 2 fully saturated rings. The van der Waals surface area contributed by atoms with Crippen molar-refractivity contribution in [2.75, 3.05) is 43.1 Å². The van der Waals surface area contributed by atoms with Crippen molar-refractivity contribution in [3.05, 3.63) is 53.1 Å². The third-order valence-corrected chi connectivity index (χ3v) is 6.16. The molecular weight excluding hydrogens is 447 g/mol. The van der Waals surface area contributed by atoms with Crippen LogP contribution in [0.25, 0.3) is 0 Å². The highest BCUT2D eigenvalue weighted by Crippen LogP contribution is 2.38. The van der Waals surface area contributed by atoms with Gasteiger partial charge in [-0.3, -0.25) is 14.5 Å². The first-order chi connectivity index (χ1) is 15.2. The van der Waals surface area contributed by atoms with Gasteiger partial charge in [-0.2, -0.15) is 13.2 Å². The van der Waals surface area contributed by atoms with Gasteiger partial charge in [0.2, 0.25) is 5.91 Å². The zero-order valence-electron chi connectivity index (χ0n) is 17.2. The van der Waals surface area contributed by atoms with Gasteiger partial charge in [0.05, 0.1) is 35.8 Å². The number of halogens is 4. The number of carbonyl (C=O) groups excluding carboxylic acids is 2. The van der Waals surface area contributed by atoms with Gasteiger partial charge in [0.1, 0.15) is 5.75 Å². The predicted molar refractivity (Wildman–Crippen MR) is 114 cm³/mol. The van der Waals surface area contributed by atoms with E-state index < -0.39 is 34.6 Å². The quantitative estimate of drug-likeness (QED) is 0.640. The fourth-order valence-corrected chi connectivity index (χ4v) is 4.35. The lowest BCUT2D eigenvalue weighted by molar-refractivity contribution is -0.137. The summed E-state index contributed by atoms with van der Waals surface area (Å²) in [7, 11) is 1.60. The van der Waals surface area contributed by atoms with Crippen LogP contribution in [0.1, 0.15) is 12.0 Å². The summed E-state index contributed by atoms with van der Waals surface area (Å²) in [5, 5.41) is -0.480. The Morgan fingerprint density at radius 2 is 1.59 bits per heavy atom. The average molecular weight is 468 g/mol. The van der Waals surface area contributed by atoms with Crippen LogP contribution in [0.15, 0.2) is 42.5 Å². The van der Waals surface area contributed by atoms with Crippen LogP contribution in [0.3, 0.4) is 0 Å². The number of hydrogen-bond donors (Lipinski definition) is 0. The van der Waals surface area contributed by atoms with Crippen LogP contribution in [0.2, 0.25) is 5.02 Å². The number of hydrogen-bond acceptors (Lipinski definition) is 5. The van der Waals surface area contributed by atoms with Crippen molar-refractivity contribution in [3.63, 3.8) is 0 Å². The number of piperazine rings is 1. The number of alkyl halides is 3. The number of nitrogens with zero attached hydrogens (tertiary/aromatic N) is 3. The molecule has 0 unspecified atom stereocenters. The molecule has 32 heavy (non-hydrogen) atoms. The summed E-state index contributed by atoms with van der Waals surface area (Å²) in [5.41, 5.74) is -0.160. The Labute approximate surface area is 188 Å². The van der Waals surface area contributed by atoms with Gasteiger partial charge < -0.3 is 9.64 Å². The molecule has 2 aromatic carbocycles. The summed E-state index contributed by atoms with van der Waals surface area (Å²) in [6, 6.07) is 10.0. The predicted octanol–water partition coefficient (Wildman–Crippen LogP) is 3.82. The monoisotopic (exact) mass is 467 g/mol. The number of benzene rings is 2. The zero-order valence-corrected chi connectivity index (χ0v) is 18.0. The Morgan fingerprint density at radius 3 is 2.19 bits per heavy atom. The highest BCUT2D eigenvalue weighted by molar-refractivity contribution is 6.31. The van der Waals surface area contributed by atoms with Crippen LogP contribution >= 0.6 is 11.6 Å². The Hall–Kier alpha value is -2.78. The van der Waals surface area contributed by atoms with E-state index in [1.807, 2.05) is 29.2 Å². The van der Waals surface area contributed by atoms with Gasteiger partial charge in [-0.25, -0.2) is 4.90 Å². The second kappa shape index (κ2) is 8.63. The summed E-state index contributed by atoms with van der Waals surface area (Å²) in [6.45, 7) is 2.42. The molecule has 0 N–H and O–H groups in total. The number of amides is 2. The summed E-state index contributed by atoms with van der Waals surface area (Å²) in [6.07, 6.45) is -4.75. The van der Waals surface area contributed by atoms with Gasteiger partial charge in [0.25, 0.3) is 5.91 Å². The third kappa shape index (κ3) is 4.27. The van der Waals surface area contributed by atoms with Crippen LogP contribution in [-0.2, 0) is 15.8 Å². The number of rotatable bonds is 4. The molecule has 0 saturated carbocycles. The summed E-state index contributed by atoms with van der Waals surface area (Å²) in [5.74, 6) is -0.269. The highest BCUT2D eigenvalue weighted by Gasteiger charge is 2.44. The van der Waals surface area contributed by atoms with Crippen LogP contribution in [0.4, 0.5) is 24.5 Å². The molecule has 2 amide bonds. The Morgan fingerprint density at radius 1 is 0.969 bits per heavy atom. The van der Waals surface area contributed by atoms with Crippen molar-refractivity contribution >= 4 is 34.8 Å². The lowest BCUT2D eigenvalue weighted by atomic mass is 10.1. The lowest BCUT2D eigenvalue weighted by Crippen LogP contribution is -2.52. The zero-order chi connectivity index (χ0) is 23.0. The van der Waals surface area contributed by atoms with Crippen molar-refractivity contribution < 1.29 is 27.5 Å². The lowest BCUT2D eigenvalue weighted by Gasteiger charge is -2.38. The Kier molecular flexibility index (Phi) is 6.05. The van der Waals surface area contributed by atoms with E-state index in [0.717, 1.165) is 28.5 Å². The van der Waals surface area contributed by atoms with Gasteiger partial charge in [-0.15, -0.1) is 0 Å². The minimum Gasteiger partial charge on any atom is -0.497 e. The van der Waals surface area contributed by atoms with Crippen molar-refractivity contribution in [1.82, 2.24) is 4.90 Å². The van der Waals surface area contributed by atoms with Crippen LogP contribution in [0, 0.1) is 0 Å². The maximum absolute atomic E-state index is 13.2. The number of imide groups is 1. The standard InChI is InChI=1S/C22H21ClF3N3O3/c1-32-16-5-2-14(3-6-16)27-8-10-28(11-9-27)19-13-20(30)29(21(19)31)15-4-7-18(23)17(12-15)22(24,25)26/h2-7,12,19H,8-11,13H2,1H3/t19-/m1/s1. The number of ether oxygens (including phenoxy) is 1. The molecule has 0 aliphatic carbocycles. The molecule has 0 bridgehead atoms. The fourth-order valence-electron chi connectivity index (χ4n) is 4.13. The molecule has 2 aliphatic heterocycles. The Balaban J connectivity index is 1.46. The molecule has 0 aromatic heterocycles. The fraction of sp³-hybridized carbons (Fsp3) is 0.364. The molecule has 4 rings (SSSR count). The molecule has 0 spiro atoms. The van der Waals surface area contributed by atoms with E-state index in [2.05, 4.69) is 4.90 Å². The second-order valence-electron chi connectivity index (χ2n) is 7.67. The first kappa shape index (κ1) is 22.4. The van der Waals surface area contributed by atoms with Crippen LogP contribution in [0.5, 0.6) is 5.75 Å². The van der Waals surface area contributed by atoms with Crippen molar-refractivity contribution in [3.8, 4) is 5.75 Å². The summed E-state index contributed by atoms with van der Waals surface area (Å²) >= 11 is 5.66. The second-order valence-corrected chi connectivity index (χ2v) is 8.08. The normalized spacial score (nSPS) is 20.2. The largest absolute Gasteiger partial charge is 0.497 e. The molecule has 10 heteroatoms. The average Bonchev–Trinajstić information content (AvgIpc) is 3.07. The minimum atomic E-state index is -4.68. The van der Waals surface area contributed by atoms with E-state index in [0.29, 0.717) is 26.2 Å². The van der Waals surface area contributed by atoms with Crippen molar-refractivity contribution in [2.24, 2.45) is 0 Å². The van der Waals surface area contributed by atoms with E-state index in [9.17, 15) is 22.8 Å². The molecule has 2 aliphatic rings. The summed E-state index contributed by atoms with van der Waals surface area (Å²) < 4.78 is 44.8. The highest BCUT2D eigenvalue weighted by atomic mass is 35.5. The molecule has 6 nitrogen and oxygen atoms in total. The molecule has 170 valence electrons. The molecular formula is C22H21ClF3N3O3. The maximum Gasteiger partial charge on any atom is 0.417 e. The number of methoxy groups -OCH3 is 1. The van der Waals surface area contributed by atoms with Crippen molar-refractivity contribution in [2.45, 2.75) is 18.6 Å². The van der Waals surface area contributed by atoms with E-state index in [1.165, 1.54) is 6.07 Å². The third-order valence-electron chi connectivity index (χ3n) is 5.83. The summed E-state index contributed by atoms with van der Waals surface area (Å²) in [4.78, 5) is 30.5. The molecule has 2 heterocycles. The minimum absolute atomic E-state index is 0.0641. The van der Waals surface area contributed by atoms with Crippen LogP contribution < -0.4 is 14.5 Å². The van der Waals surface area contributed by atoms with Gasteiger partial charge in [0, 0.05) is 31.9 Å². The number of anilines is 2. The maximum atomic E-state index is 13.2. The van der Waals surface area contributed by atoms with E-state index in [1.54, 1.807) is 7.11 Å². The molecule has 2 saturated heterocycles. The van der Waals surface area contributed by atoms with Gasteiger partial charge >= 0.3 is 6.18 Å². The SMILES string of the molecule is COc1ccc(N2CCN([C@@H]3CC(=O)N(c4ccc(Cl)c(C(F)(F)F)c4)C3=O)CC2)cc1. The van der Waals surface area contributed by atoms with E-state index in [-0.39, 0.29) is 12.1 Å². The first-order valence-corrected chi connectivity index (χ1v) is 10.4. The van der Waals surface area contributed by atoms with Gasteiger partial charge in [-0.1, -0.05) is 11.6 Å².